The summed E-state index contributed by atoms with van der Waals surface area (Å²) < 4.78 is 11.0. The first kappa shape index (κ1) is 12.9. The second-order valence-corrected chi connectivity index (χ2v) is 5.06. The van der Waals surface area contributed by atoms with Crippen LogP contribution in [0.25, 0.3) is 11.2 Å². The second-order valence-electron chi connectivity index (χ2n) is 5.06. The van der Waals surface area contributed by atoms with Crippen molar-refractivity contribution in [3.63, 3.8) is 0 Å². The van der Waals surface area contributed by atoms with E-state index in [-0.39, 0.29) is 6.04 Å². The molecule has 4 rings (SSSR count). The van der Waals surface area contributed by atoms with E-state index in [1.54, 1.807) is 13.4 Å². The molecule has 0 aliphatic carbocycles. The molecule has 0 spiro atoms. The zero-order valence-electron chi connectivity index (χ0n) is 12.0. The summed E-state index contributed by atoms with van der Waals surface area (Å²) in [6, 6.07) is 6.00. The van der Waals surface area contributed by atoms with Crippen LogP contribution < -0.4 is 14.8 Å². The molecule has 0 saturated carbocycles. The predicted molar refractivity (Wildman–Crippen MR) is 81.2 cm³/mol. The minimum Gasteiger partial charge on any atom is -0.497 e. The third-order valence-electron chi connectivity index (χ3n) is 3.79. The number of ether oxygens (including phenoxy) is 2. The molecular formula is C15H15N5O2. The zero-order valence-corrected chi connectivity index (χ0v) is 12.0. The lowest BCUT2D eigenvalue weighted by molar-refractivity contribution is 0.272. The average Bonchev–Trinajstić information content (AvgIpc) is 3.04. The molecule has 1 atom stereocenters. The molecule has 0 saturated heterocycles. The molecule has 0 amide bonds. The molecule has 1 aromatic carbocycles. The van der Waals surface area contributed by atoms with Gasteiger partial charge in [0.25, 0.3) is 0 Å². The molecule has 0 radical (unpaired) electrons. The van der Waals surface area contributed by atoms with Gasteiger partial charge in [-0.2, -0.15) is 0 Å². The molecule has 0 fully saturated rings. The minimum atomic E-state index is 0.121. The number of hydrogen-bond acceptors (Lipinski definition) is 6. The summed E-state index contributed by atoms with van der Waals surface area (Å²) in [5.74, 6) is 2.38. The Morgan fingerprint density at radius 1 is 1.32 bits per heavy atom. The number of aromatic amines is 1. The van der Waals surface area contributed by atoms with Crippen LogP contribution in [0.2, 0.25) is 0 Å². The summed E-state index contributed by atoms with van der Waals surface area (Å²) in [5, 5.41) is 3.46. The van der Waals surface area contributed by atoms with Crippen LogP contribution in [0.3, 0.4) is 0 Å². The van der Waals surface area contributed by atoms with Crippen molar-refractivity contribution in [1.82, 2.24) is 19.9 Å². The Labute approximate surface area is 126 Å². The fourth-order valence-electron chi connectivity index (χ4n) is 2.69. The van der Waals surface area contributed by atoms with Crippen molar-refractivity contribution >= 4 is 17.0 Å². The van der Waals surface area contributed by atoms with Gasteiger partial charge in [0.1, 0.15) is 23.3 Å². The number of methoxy groups -OCH3 is 1. The van der Waals surface area contributed by atoms with Gasteiger partial charge in [0.15, 0.2) is 11.5 Å². The normalized spacial score (nSPS) is 16.9. The van der Waals surface area contributed by atoms with Crippen LogP contribution in [0.4, 0.5) is 5.82 Å². The van der Waals surface area contributed by atoms with Crippen LogP contribution in [-0.2, 0) is 0 Å². The minimum absolute atomic E-state index is 0.121. The molecule has 0 bridgehead atoms. The molecule has 1 aliphatic rings. The van der Waals surface area contributed by atoms with E-state index in [0.29, 0.717) is 12.3 Å². The number of fused-ring (bicyclic) bond motifs is 2. The first-order chi connectivity index (χ1) is 10.8. The van der Waals surface area contributed by atoms with E-state index in [0.717, 1.165) is 34.8 Å². The summed E-state index contributed by atoms with van der Waals surface area (Å²) in [7, 11) is 1.65. The number of rotatable bonds is 3. The number of anilines is 1. The van der Waals surface area contributed by atoms with Gasteiger partial charge in [0.05, 0.1) is 26.1 Å². The molecular weight excluding hydrogens is 282 g/mol. The molecule has 3 aromatic rings. The van der Waals surface area contributed by atoms with Crippen LogP contribution in [-0.4, -0.2) is 33.7 Å². The Hall–Kier alpha value is -2.83. The largest absolute Gasteiger partial charge is 0.497 e. The van der Waals surface area contributed by atoms with Crippen LogP contribution >= 0.6 is 0 Å². The SMILES string of the molecule is COc1ccc2c(c1)OCCC2Nc1ncnc2nc[nH]c12. The molecule has 2 N–H and O–H groups in total. The standard InChI is InChI=1S/C15H15N5O2/c1-21-9-2-3-10-11(4-5-22-12(10)6-9)20-15-13-14(17-7-16-13)18-8-19-15/h2-3,6-8,11H,4-5H2,1H3,(H2,16,17,18,19,20). The van der Waals surface area contributed by atoms with Crippen molar-refractivity contribution in [3.8, 4) is 11.5 Å². The van der Waals surface area contributed by atoms with Gasteiger partial charge in [-0.05, 0) is 12.1 Å². The van der Waals surface area contributed by atoms with E-state index in [1.807, 2.05) is 18.2 Å². The molecule has 1 unspecified atom stereocenters. The van der Waals surface area contributed by atoms with Crippen molar-refractivity contribution < 1.29 is 9.47 Å². The Kier molecular flexibility index (Phi) is 3.03. The number of nitrogens with zero attached hydrogens (tertiary/aromatic N) is 3. The van der Waals surface area contributed by atoms with Crippen LogP contribution in [0.5, 0.6) is 11.5 Å². The summed E-state index contributed by atoms with van der Waals surface area (Å²) in [4.78, 5) is 15.7. The number of benzene rings is 1. The van der Waals surface area contributed by atoms with Gasteiger partial charge in [-0.25, -0.2) is 15.0 Å². The quantitative estimate of drug-likeness (QED) is 0.771. The third-order valence-corrected chi connectivity index (χ3v) is 3.79. The van der Waals surface area contributed by atoms with Crippen LogP contribution in [0, 0.1) is 0 Å². The first-order valence-electron chi connectivity index (χ1n) is 7.06. The van der Waals surface area contributed by atoms with Gasteiger partial charge in [0, 0.05) is 18.1 Å². The molecule has 22 heavy (non-hydrogen) atoms. The van der Waals surface area contributed by atoms with Crippen molar-refractivity contribution in [3.05, 3.63) is 36.4 Å². The Morgan fingerprint density at radius 2 is 2.27 bits per heavy atom. The number of aromatic nitrogens is 4. The lowest BCUT2D eigenvalue weighted by Crippen LogP contribution is -2.21. The van der Waals surface area contributed by atoms with Crippen molar-refractivity contribution in [2.75, 3.05) is 19.0 Å². The summed E-state index contributed by atoms with van der Waals surface area (Å²) in [6.45, 7) is 0.648. The van der Waals surface area contributed by atoms with Crippen molar-refractivity contribution in [2.45, 2.75) is 12.5 Å². The van der Waals surface area contributed by atoms with E-state index < -0.39 is 0 Å². The highest BCUT2D eigenvalue weighted by Crippen LogP contribution is 2.36. The Morgan fingerprint density at radius 3 is 3.18 bits per heavy atom. The molecule has 2 aromatic heterocycles. The molecule has 1 aliphatic heterocycles. The van der Waals surface area contributed by atoms with E-state index in [2.05, 4.69) is 25.3 Å². The maximum absolute atomic E-state index is 5.73. The Bertz CT molecular complexity index is 817. The van der Waals surface area contributed by atoms with E-state index >= 15 is 0 Å². The van der Waals surface area contributed by atoms with Crippen molar-refractivity contribution in [1.29, 1.82) is 0 Å². The highest BCUT2D eigenvalue weighted by atomic mass is 16.5. The van der Waals surface area contributed by atoms with Gasteiger partial charge < -0.3 is 19.8 Å². The highest BCUT2D eigenvalue weighted by molar-refractivity contribution is 5.82. The fourth-order valence-corrected chi connectivity index (χ4v) is 2.69. The average molecular weight is 297 g/mol. The maximum Gasteiger partial charge on any atom is 0.182 e. The summed E-state index contributed by atoms with van der Waals surface area (Å²) in [6.07, 6.45) is 3.99. The zero-order chi connectivity index (χ0) is 14.9. The van der Waals surface area contributed by atoms with Gasteiger partial charge >= 0.3 is 0 Å². The number of H-pyrrole nitrogens is 1. The van der Waals surface area contributed by atoms with Gasteiger partial charge in [-0.15, -0.1) is 0 Å². The van der Waals surface area contributed by atoms with Gasteiger partial charge in [0.2, 0.25) is 0 Å². The fraction of sp³-hybridized carbons (Fsp3) is 0.267. The maximum atomic E-state index is 5.73. The van der Waals surface area contributed by atoms with Crippen molar-refractivity contribution in [2.24, 2.45) is 0 Å². The van der Waals surface area contributed by atoms with E-state index in [1.165, 1.54) is 6.33 Å². The number of nitrogens with one attached hydrogen (secondary N) is 2. The predicted octanol–water partition coefficient (Wildman–Crippen LogP) is 2.30. The second kappa shape index (κ2) is 5.18. The van der Waals surface area contributed by atoms with E-state index in [4.69, 9.17) is 9.47 Å². The highest BCUT2D eigenvalue weighted by Gasteiger charge is 2.23. The monoisotopic (exact) mass is 297 g/mol. The lowest BCUT2D eigenvalue weighted by Gasteiger charge is -2.27. The Balaban J connectivity index is 1.69. The lowest BCUT2D eigenvalue weighted by atomic mass is 10.0. The van der Waals surface area contributed by atoms with Crippen LogP contribution in [0.1, 0.15) is 18.0 Å². The molecule has 3 heterocycles. The molecule has 112 valence electrons. The third kappa shape index (κ3) is 2.11. The molecule has 7 nitrogen and oxygen atoms in total. The number of hydrogen-bond donors (Lipinski definition) is 2. The van der Waals surface area contributed by atoms with E-state index in [9.17, 15) is 0 Å². The smallest absolute Gasteiger partial charge is 0.182 e. The summed E-state index contributed by atoms with van der Waals surface area (Å²) >= 11 is 0. The topological polar surface area (TPSA) is 84.9 Å². The number of imidazole rings is 1. The first-order valence-corrected chi connectivity index (χ1v) is 7.06. The summed E-state index contributed by atoms with van der Waals surface area (Å²) in [5.41, 5.74) is 2.56. The van der Waals surface area contributed by atoms with Gasteiger partial charge in [-0.3, -0.25) is 0 Å². The van der Waals surface area contributed by atoms with Crippen LogP contribution in [0.15, 0.2) is 30.9 Å². The molecule has 7 heteroatoms. The van der Waals surface area contributed by atoms with Gasteiger partial charge in [-0.1, -0.05) is 0 Å².